The third kappa shape index (κ3) is 7.25. The zero-order chi connectivity index (χ0) is 15.1. The highest BCUT2D eigenvalue weighted by Crippen LogP contribution is 2.02. The van der Waals surface area contributed by atoms with E-state index in [0.717, 1.165) is 18.1 Å². The Kier molecular flexibility index (Phi) is 9.14. The van der Waals surface area contributed by atoms with E-state index in [2.05, 4.69) is 51.3 Å². The lowest BCUT2D eigenvalue weighted by atomic mass is 10.0. The maximum Gasteiger partial charge on any atom is 0.356 e. The van der Waals surface area contributed by atoms with Crippen molar-refractivity contribution in [1.29, 1.82) is 0 Å². The van der Waals surface area contributed by atoms with Crippen LogP contribution < -0.4 is 45.4 Å². The predicted octanol–water partition coefficient (Wildman–Crippen LogP) is -5.55. The fourth-order valence-corrected chi connectivity index (χ4v) is 1.61. The molecule has 0 aliphatic heterocycles. The molecule has 0 aliphatic rings. The summed E-state index contributed by atoms with van der Waals surface area (Å²) in [6.45, 7) is 6.42. The summed E-state index contributed by atoms with van der Waals surface area (Å²) in [6, 6.07) is 5.70. The fourth-order valence-electron chi connectivity index (χ4n) is 1.61. The second-order valence-corrected chi connectivity index (χ2v) is 5.35. The van der Waals surface area contributed by atoms with Gasteiger partial charge in [0, 0.05) is 18.5 Å². The van der Waals surface area contributed by atoms with Gasteiger partial charge in [0.15, 0.2) is 11.9 Å². The highest BCUT2D eigenvalue weighted by molar-refractivity contribution is 5.98. The first-order chi connectivity index (χ1) is 10.1. The van der Waals surface area contributed by atoms with Crippen LogP contribution in [0.5, 0.6) is 0 Å². The highest BCUT2D eigenvalue weighted by atomic mass is 35.5. The SMILES string of the molecule is CCC(C)(C)[NH+]=C(Nc1ccc[nH+]c1)Nc1ncccn1.[Cl-].[Cl-]. The van der Waals surface area contributed by atoms with Gasteiger partial charge in [-0.05, 0) is 32.4 Å². The first-order valence-electron chi connectivity index (χ1n) is 7.01. The number of pyridine rings is 1. The van der Waals surface area contributed by atoms with Gasteiger partial charge in [-0.2, -0.15) is 0 Å². The van der Waals surface area contributed by atoms with E-state index in [-0.39, 0.29) is 30.4 Å². The van der Waals surface area contributed by atoms with Gasteiger partial charge in [0.25, 0.3) is 5.95 Å². The zero-order valence-electron chi connectivity index (χ0n) is 13.4. The van der Waals surface area contributed by atoms with Crippen LogP contribution in [0.15, 0.2) is 43.0 Å². The summed E-state index contributed by atoms with van der Waals surface area (Å²) >= 11 is 0. The molecule has 0 saturated heterocycles. The summed E-state index contributed by atoms with van der Waals surface area (Å²) in [4.78, 5) is 14.9. The molecule has 2 rings (SSSR count). The smallest absolute Gasteiger partial charge is 0.356 e. The van der Waals surface area contributed by atoms with Crippen molar-refractivity contribution in [3.05, 3.63) is 43.0 Å². The average Bonchev–Trinajstić information content (AvgIpc) is 2.49. The van der Waals surface area contributed by atoms with E-state index < -0.39 is 0 Å². The molecule has 6 nitrogen and oxygen atoms in total. The van der Waals surface area contributed by atoms with Gasteiger partial charge in [-0.1, -0.05) is 6.92 Å². The van der Waals surface area contributed by atoms with E-state index in [0.29, 0.717) is 5.95 Å². The van der Waals surface area contributed by atoms with Crippen LogP contribution in [0.1, 0.15) is 27.2 Å². The number of guanidine groups is 1. The van der Waals surface area contributed by atoms with E-state index in [4.69, 9.17) is 0 Å². The summed E-state index contributed by atoms with van der Waals surface area (Å²) in [6.07, 6.45) is 8.13. The predicted molar refractivity (Wildman–Crippen MR) is 82.6 cm³/mol. The van der Waals surface area contributed by atoms with Crippen molar-refractivity contribution >= 4 is 17.6 Å². The van der Waals surface area contributed by atoms with Crippen LogP contribution in [-0.4, -0.2) is 21.5 Å². The number of rotatable bonds is 4. The molecule has 4 N–H and O–H groups in total. The summed E-state index contributed by atoms with van der Waals surface area (Å²) < 4.78 is 0. The third-order valence-electron chi connectivity index (χ3n) is 3.13. The molecule has 2 heterocycles. The molecule has 0 saturated carbocycles. The summed E-state index contributed by atoms with van der Waals surface area (Å²) in [5, 5.41) is 6.48. The van der Waals surface area contributed by atoms with E-state index in [1.165, 1.54) is 0 Å². The maximum absolute atomic E-state index is 4.19. The Bertz CT molecular complexity index is 546. The van der Waals surface area contributed by atoms with Crippen molar-refractivity contribution in [3.8, 4) is 0 Å². The molecule has 0 amide bonds. The molecular formula is C15H22Cl2N6. The molecule has 0 aromatic carbocycles. The number of hydrogen-bond donors (Lipinski definition) is 3. The second-order valence-electron chi connectivity index (χ2n) is 5.35. The van der Waals surface area contributed by atoms with Crippen LogP contribution in [0, 0.1) is 0 Å². The van der Waals surface area contributed by atoms with Crippen LogP contribution in [0.3, 0.4) is 0 Å². The van der Waals surface area contributed by atoms with Crippen LogP contribution >= 0.6 is 0 Å². The van der Waals surface area contributed by atoms with E-state index in [1.54, 1.807) is 18.5 Å². The van der Waals surface area contributed by atoms with Gasteiger partial charge in [-0.3, -0.25) is 4.99 Å². The lowest BCUT2D eigenvalue weighted by Crippen LogP contribution is -3.00. The molecule has 0 unspecified atom stereocenters. The Morgan fingerprint density at radius 3 is 2.43 bits per heavy atom. The molecule has 2 aromatic rings. The minimum Gasteiger partial charge on any atom is -1.00 e. The van der Waals surface area contributed by atoms with Crippen molar-refractivity contribution < 1.29 is 34.8 Å². The molecule has 126 valence electrons. The van der Waals surface area contributed by atoms with Crippen molar-refractivity contribution in [2.45, 2.75) is 32.7 Å². The largest absolute Gasteiger partial charge is 1.00 e. The standard InChI is InChI=1S/C15H20N6.2ClH/c1-4-15(2,3)21-14(19-12-7-5-8-16-11-12)20-13-17-9-6-10-18-13;;/h5-11H,4H2,1-3H3,(H2,17,18,19,20,21);2*1H. The zero-order valence-corrected chi connectivity index (χ0v) is 14.9. The number of anilines is 2. The van der Waals surface area contributed by atoms with Crippen molar-refractivity contribution in [2.24, 2.45) is 0 Å². The van der Waals surface area contributed by atoms with E-state index in [1.807, 2.05) is 24.5 Å². The summed E-state index contributed by atoms with van der Waals surface area (Å²) in [5.74, 6) is 1.28. The first-order valence-corrected chi connectivity index (χ1v) is 7.01. The van der Waals surface area contributed by atoms with E-state index in [9.17, 15) is 0 Å². The van der Waals surface area contributed by atoms with Gasteiger partial charge in [-0.25, -0.2) is 25.6 Å². The van der Waals surface area contributed by atoms with Crippen molar-refractivity contribution in [2.75, 3.05) is 10.6 Å². The molecule has 0 radical (unpaired) electrons. The Morgan fingerprint density at radius 2 is 1.87 bits per heavy atom. The number of hydrogen-bond acceptors (Lipinski definition) is 2. The monoisotopic (exact) mass is 356 g/mol. The molecule has 0 aliphatic carbocycles. The molecule has 0 fully saturated rings. The second kappa shape index (κ2) is 9.97. The number of aromatic nitrogens is 3. The summed E-state index contributed by atoms with van der Waals surface area (Å²) in [5.41, 5.74) is 0.887. The van der Waals surface area contributed by atoms with Gasteiger partial charge in [-0.15, -0.1) is 0 Å². The van der Waals surface area contributed by atoms with Gasteiger partial charge in [0.05, 0.1) is 5.54 Å². The minimum atomic E-state index is -0.0530. The minimum absolute atomic E-state index is 0. The molecule has 8 heteroatoms. The lowest BCUT2D eigenvalue weighted by molar-refractivity contribution is -0.544. The third-order valence-corrected chi connectivity index (χ3v) is 3.13. The molecule has 2 aromatic heterocycles. The van der Waals surface area contributed by atoms with Gasteiger partial charge >= 0.3 is 5.96 Å². The normalized spacial score (nSPS) is 11.0. The van der Waals surface area contributed by atoms with Crippen molar-refractivity contribution in [1.82, 2.24) is 9.97 Å². The van der Waals surface area contributed by atoms with E-state index >= 15 is 0 Å². The van der Waals surface area contributed by atoms with Crippen LogP contribution in [0.2, 0.25) is 0 Å². The Balaban J connectivity index is 0.00000242. The number of nitrogens with zero attached hydrogens (tertiary/aromatic N) is 2. The van der Waals surface area contributed by atoms with Gasteiger partial charge < -0.3 is 24.8 Å². The number of H-pyrrole nitrogens is 1. The molecule has 23 heavy (non-hydrogen) atoms. The van der Waals surface area contributed by atoms with Crippen LogP contribution in [-0.2, 0) is 0 Å². The molecule has 0 atom stereocenters. The number of halogens is 2. The van der Waals surface area contributed by atoms with Gasteiger partial charge in [0.1, 0.15) is 0 Å². The van der Waals surface area contributed by atoms with Crippen LogP contribution in [0.25, 0.3) is 0 Å². The lowest BCUT2D eigenvalue weighted by Gasteiger charge is -2.17. The van der Waals surface area contributed by atoms with Crippen molar-refractivity contribution in [3.63, 3.8) is 0 Å². The number of nitrogens with one attached hydrogen (secondary N) is 4. The Morgan fingerprint density at radius 1 is 1.17 bits per heavy atom. The average molecular weight is 357 g/mol. The molecule has 0 bridgehead atoms. The first kappa shape index (κ1) is 21.1. The Hall–Kier alpha value is -1.92. The molecular weight excluding hydrogens is 335 g/mol. The van der Waals surface area contributed by atoms with Gasteiger partial charge in [0.2, 0.25) is 6.20 Å². The summed E-state index contributed by atoms with van der Waals surface area (Å²) in [7, 11) is 0. The highest BCUT2D eigenvalue weighted by Gasteiger charge is 2.20. The number of aromatic amines is 1. The Labute approximate surface area is 149 Å². The fraction of sp³-hybridized carbons (Fsp3) is 0.333. The van der Waals surface area contributed by atoms with Crippen LogP contribution in [0.4, 0.5) is 11.6 Å². The maximum atomic E-state index is 4.19. The molecule has 0 spiro atoms. The topological polar surface area (TPSA) is 78.0 Å². The quantitative estimate of drug-likeness (QED) is 0.377.